The number of nitrogens with zero attached hydrogens (tertiary/aromatic N) is 1. The van der Waals surface area contributed by atoms with Gasteiger partial charge in [0.05, 0.1) is 6.61 Å². The van der Waals surface area contributed by atoms with Gasteiger partial charge >= 0.3 is 12.0 Å². The number of anilines is 1. The fourth-order valence-electron chi connectivity index (χ4n) is 2.92. The van der Waals surface area contributed by atoms with Crippen LogP contribution in [0.1, 0.15) is 18.1 Å². The van der Waals surface area contributed by atoms with Crippen molar-refractivity contribution in [2.24, 2.45) is 0 Å². The number of aryl methyl sites for hydroxylation is 1. The van der Waals surface area contributed by atoms with Crippen LogP contribution in [-0.2, 0) is 19.1 Å². The number of rotatable bonds is 8. The van der Waals surface area contributed by atoms with Gasteiger partial charge in [-0.3, -0.25) is 9.59 Å². The Morgan fingerprint density at radius 3 is 2.53 bits per heavy atom. The second kappa shape index (κ2) is 10.3. The van der Waals surface area contributed by atoms with Crippen LogP contribution in [0.15, 0.2) is 54.2 Å². The summed E-state index contributed by atoms with van der Waals surface area (Å²) >= 11 is 0. The van der Waals surface area contributed by atoms with Crippen LogP contribution in [0.4, 0.5) is 10.5 Å². The molecule has 0 unspecified atom stereocenters. The SMILES string of the molecule is CCOC(=O)COc1ccccc1/C=C1/NC(=O)N(CC(=O)Nc2ccc(C)cc2)C1=O. The van der Waals surface area contributed by atoms with E-state index in [9.17, 15) is 19.2 Å². The van der Waals surface area contributed by atoms with Crippen LogP contribution in [0.5, 0.6) is 5.75 Å². The van der Waals surface area contributed by atoms with Gasteiger partial charge in [0.15, 0.2) is 6.61 Å². The van der Waals surface area contributed by atoms with Crippen molar-refractivity contribution in [3.8, 4) is 5.75 Å². The molecule has 0 spiro atoms. The standard InChI is InChI=1S/C23H23N3O6/c1-3-31-21(28)14-32-19-7-5-4-6-16(19)12-18-22(29)26(23(30)25-18)13-20(27)24-17-10-8-15(2)9-11-17/h4-12H,3,13-14H2,1-2H3,(H,24,27)(H,25,30)/b18-12+. The average molecular weight is 437 g/mol. The van der Waals surface area contributed by atoms with Crippen LogP contribution in [0, 0.1) is 6.92 Å². The molecule has 1 aliphatic heterocycles. The second-order valence-electron chi connectivity index (χ2n) is 6.93. The monoisotopic (exact) mass is 437 g/mol. The molecule has 2 aromatic rings. The minimum absolute atomic E-state index is 0.00896. The van der Waals surface area contributed by atoms with Gasteiger partial charge in [-0.15, -0.1) is 0 Å². The summed E-state index contributed by atoms with van der Waals surface area (Å²) in [5, 5.41) is 5.12. The molecule has 166 valence electrons. The Hall–Kier alpha value is -4.14. The molecular weight excluding hydrogens is 414 g/mol. The highest BCUT2D eigenvalue weighted by molar-refractivity contribution is 6.16. The number of para-hydroxylation sites is 1. The van der Waals surface area contributed by atoms with Crippen molar-refractivity contribution in [1.29, 1.82) is 0 Å². The summed E-state index contributed by atoms with van der Waals surface area (Å²) in [7, 11) is 0. The van der Waals surface area contributed by atoms with Crippen LogP contribution >= 0.6 is 0 Å². The van der Waals surface area contributed by atoms with Gasteiger partial charge < -0.3 is 20.1 Å². The summed E-state index contributed by atoms with van der Waals surface area (Å²) in [5.41, 5.74) is 2.08. The zero-order chi connectivity index (χ0) is 23.1. The number of nitrogens with one attached hydrogen (secondary N) is 2. The summed E-state index contributed by atoms with van der Waals surface area (Å²) in [5.74, 6) is -1.33. The molecule has 2 aromatic carbocycles. The summed E-state index contributed by atoms with van der Waals surface area (Å²) in [6.45, 7) is 3.13. The van der Waals surface area contributed by atoms with E-state index >= 15 is 0 Å². The number of carbonyl (C=O) groups is 4. The van der Waals surface area contributed by atoms with Gasteiger partial charge in [-0.2, -0.15) is 0 Å². The first-order chi connectivity index (χ1) is 15.4. The minimum Gasteiger partial charge on any atom is -0.481 e. The van der Waals surface area contributed by atoms with Crippen molar-refractivity contribution in [1.82, 2.24) is 10.2 Å². The molecular formula is C23H23N3O6. The highest BCUT2D eigenvalue weighted by Gasteiger charge is 2.35. The quantitative estimate of drug-likeness (QED) is 0.373. The zero-order valence-electron chi connectivity index (χ0n) is 17.7. The Bertz CT molecular complexity index is 1060. The van der Waals surface area contributed by atoms with E-state index in [1.807, 2.05) is 19.1 Å². The maximum absolute atomic E-state index is 12.7. The van der Waals surface area contributed by atoms with Crippen LogP contribution in [0.25, 0.3) is 6.08 Å². The average Bonchev–Trinajstić information content (AvgIpc) is 3.02. The first kappa shape index (κ1) is 22.5. The molecule has 0 saturated carbocycles. The lowest BCUT2D eigenvalue weighted by Crippen LogP contribution is -2.38. The van der Waals surface area contributed by atoms with Crippen LogP contribution in [-0.4, -0.2) is 48.5 Å². The molecule has 9 heteroatoms. The molecule has 1 fully saturated rings. The van der Waals surface area contributed by atoms with Crippen molar-refractivity contribution in [2.75, 3.05) is 25.1 Å². The fourth-order valence-corrected chi connectivity index (χ4v) is 2.92. The van der Waals surface area contributed by atoms with E-state index in [0.29, 0.717) is 17.0 Å². The highest BCUT2D eigenvalue weighted by Crippen LogP contribution is 2.23. The van der Waals surface area contributed by atoms with Gasteiger partial charge in [0, 0.05) is 11.3 Å². The van der Waals surface area contributed by atoms with Gasteiger partial charge in [-0.25, -0.2) is 14.5 Å². The Morgan fingerprint density at radius 2 is 1.81 bits per heavy atom. The molecule has 3 rings (SSSR count). The third kappa shape index (κ3) is 5.72. The van der Waals surface area contributed by atoms with E-state index in [2.05, 4.69) is 10.6 Å². The molecule has 9 nitrogen and oxygen atoms in total. The number of hydrogen-bond acceptors (Lipinski definition) is 6. The Kier molecular flexibility index (Phi) is 7.22. The lowest BCUT2D eigenvalue weighted by Gasteiger charge is -2.12. The van der Waals surface area contributed by atoms with E-state index in [4.69, 9.17) is 9.47 Å². The molecule has 0 aromatic heterocycles. The number of esters is 1. The van der Waals surface area contributed by atoms with Crippen LogP contribution < -0.4 is 15.4 Å². The second-order valence-corrected chi connectivity index (χ2v) is 6.93. The number of carbonyl (C=O) groups excluding carboxylic acids is 4. The largest absolute Gasteiger partial charge is 0.481 e. The summed E-state index contributed by atoms with van der Waals surface area (Å²) in [6.07, 6.45) is 1.43. The summed E-state index contributed by atoms with van der Waals surface area (Å²) < 4.78 is 10.3. The third-order valence-corrected chi connectivity index (χ3v) is 4.47. The lowest BCUT2D eigenvalue weighted by molar-refractivity contribution is -0.145. The number of ether oxygens (including phenoxy) is 2. The number of amides is 4. The van der Waals surface area contributed by atoms with Gasteiger partial charge in [0.25, 0.3) is 5.91 Å². The van der Waals surface area contributed by atoms with Gasteiger partial charge in [0.1, 0.15) is 18.0 Å². The molecule has 0 radical (unpaired) electrons. The molecule has 0 aliphatic carbocycles. The first-order valence-electron chi connectivity index (χ1n) is 9.96. The Labute approximate surface area is 185 Å². The summed E-state index contributed by atoms with van der Waals surface area (Å²) in [6, 6.07) is 13.2. The van der Waals surface area contributed by atoms with Crippen molar-refractivity contribution in [3.63, 3.8) is 0 Å². The molecule has 2 N–H and O–H groups in total. The van der Waals surface area contributed by atoms with Gasteiger partial charge in [-0.05, 0) is 38.1 Å². The molecule has 1 saturated heterocycles. The predicted octanol–water partition coefficient (Wildman–Crippen LogP) is 2.47. The van der Waals surface area contributed by atoms with E-state index in [0.717, 1.165) is 10.5 Å². The minimum atomic E-state index is -0.703. The van der Waals surface area contributed by atoms with Crippen LogP contribution in [0.3, 0.4) is 0 Å². The molecule has 0 atom stereocenters. The lowest BCUT2D eigenvalue weighted by atomic mass is 10.1. The highest BCUT2D eigenvalue weighted by atomic mass is 16.6. The number of hydrogen-bond donors (Lipinski definition) is 2. The number of imide groups is 1. The Morgan fingerprint density at radius 1 is 1.09 bits per heavy atom. The van der Waals surface area contributed by atoms with Crippen LogP contribution in [0.2, 0.25) is 0 Å². The molecule has 4 amide bonds. The van der Waals surface area contributed by atoms with Crippen molar-refractivity contribution < 1.29 is 28.7 Å². The maximum atomic E-state index is 12.7. The summed E-state index contributed by atoms with van der Waals surface area (Å²) in [4.78, 5) is 49.6. The van der Waals surface area contributed by atoms with E-state index in [1.54, 1.807) is 43.3 Å². The fraction of sp³-hybridized carbons (Fsp3) is 0.217. The van der Waals surface area contributed by atoms with E-state index < -0.39 is 30.4 Å². The zero-order valence-corrected chi connectivity index (χ0v) is 17.7. The normalized spacial score (nSPS) is 14.3. The van der Waals surface area contributed by atoms with E-state index in [-0.39, 0.29) is 18.9 Å². The Balaban J connectivity index is 1.68. The van der Waals surface area contributed by atoms with Crippen molar-refractivity contribution >= 4 is 35.6 Å². The van der Waals surface area contributed by atoms with Gasteiger partial charge in [0.2, 0.25) is 5.91 Å². The smallest absolute Gasteiger partial charge is 0.344 e. The third-order valence-electron chi connectivity index (χ3n) is 4.47. The van der Waals surface area contributed by atoms with Gasteiger partial charge in [-0.1, -0.05) is 35.9 Å². The number of benzene rings is 2. The molecule has 1 heterocycles. The predicted molar refractivity (Wildman–Crippen MR) is 117 cm³/mol. The molecule has 32 heavy (non-hydrogen) atoms. The van der Waals surface area contributed by atoms with Crippen molar-refractivity contribution in [3.05, 3.63) is 65.4 Å². The van der Waals surface area contributed by atoms with E-state index in [1.165, 1.54) is 6.08 Å². The molecule has 0 bridgehead atoms. The topological polar surface area (TPSA) is 114 Å². The number of urea groups is 1. The maximum Gasteiger partial charge on any atom is 0.344 e. The first-order valence-corrected chi connectivity index (χ1v) is 9.96. The van der Waals surface area contributed by atoms with Crippen molar-refractivity contribution in [2.45, 2.75) is 13.8 Å². The molecule has 1 aliphatic rings.